The lowest BCUT2D eigenvalue weighted by Crippen LogP contribution is -2.12. The van der Waals surface area contributed by atoms with E-state index in [1.165, 1.54) is 30.6 Å². The third kappa shape index (κ3) is 6.88. The predicted octanol–water partition coefficient (Wildman–Crippen LogP) is 11.4. The van der Waals surface area contributed by atoms with Crippen LogP contribution >= 0.6 is 22.7 Å². The SMILES string of the molecule is CCCCCCc1cc2sc(N=Nc3ccc(N=Nc4c(O)c(C(=O)Nc5ccccc5)cc5ccccc45)cc3)nc2s1. The van der Waals surface area contributed by atoms with Crippen molar-refractivity contribution >= 4 is 76.8 Å². The summed E-state index contributed by atoms with van der Waals surface area (Å²) in [4.78, 5) is 20.1. The van der Waals surface area contributed by atoms with Gasteiger partial charge in [-0.05, 0) is 66.8 Å². The number of phenols is 1. The fourth-order valence-electron chi connectivity index (χ4n) is 4.77. The van der Waals surface area contributed by atoms with Gasteiger partial charge in [-0.3, -0.25) is 4.79 Å². The van der Waals surface area contributed by atoms with E-state index >= 15 is 0 Å². The lowest BCUT2D eigenvalue weighted by molar-refractivity contribution is 0.102. The van der Waals surface area contributed by atoms with E-state index in [1.807, 2.05) is 42.5 Å². The molecule has 2 aromatic heterocycles. The van der Waals surface area contributed by atoms with Crippen molar-refractivity contribution in [1.29, 1.82) is 0 Å². The van der Waals surface area contributed by atoms with Crippen molar-refractivity contribution in [3.63, 3.8) is 0 Å². The Morgan fingerprint density at radius 1 is 0.818 bits per heavy atom. The number of anilines is 1. The maximum Gasteiger partial charge on any atom is 0.259 e. The van der Waals surface area contributed by atoms with E-state index in [0.29, 0.717) is 27.6 Å². The summed E-state index contributed by atoms with van der Waals surface area (Å²) >= 11 is 3.29. The molecule has 44 heavy (non-hydrogen) atoms. The highest BCUT2D eigenvalue weighted by atomic mass is 32.1. The van der Waals surface area contributed by atoms with Crippen molar-refractivity contribution in [3.05, 3.63) is 101 Å². The summed E-state index contributed by atoms with van der Waals surface area (Å²) in [5.74, 6) is -0.674. The van der Waals surface area contributed by atoms with E-state index in [4.69, 9.17) is 0 Å². The van der Waals surface area contributed by atoms with Gasteiger partial charge in [-0.1, -0.05) is 80.0 Å². The maximum atomic E-state index is 13.0. The molecule has 2 heterocycles. The molecule has 0 aliphatic heterocycles. The molecule has 6 rings (SSSR count). The number of hydrogen-bond donors (Lipinski definition) is 2. The summed E-state index contributed by atoms with van der Waals surface area (Å²) in [5, 5.41) is 33.4. The molecule has 0 bridgehead atoms. The van der Waals surface area contributed by atoms with E-state index in [-0.39, 0.29) is 17.0 Å². The number of aromatic nitrogens is 1. The summed E-state index contributed by atoms with van der Waals surface area (Å²) in [6, 6.07) is 27.5. The molecule has 0 radical (unpaired) electrons. The zero-order valence-corrected chi connectivity index (χ0v) is 25.7. The van der Waals surface area contributed by atoms with Crippen LogP contribution < -0.4 is 5.32 Å². The van der Waals surface area contributed by atoms with Gasteiger partial charge in [0.25, 0.3) is 5.91 Å². The predicted molar refractivity (Wildman–Crippen MR) is 180 cm³/mol. The van der Waals surface area contributed by atoms with Gasteiger partial charge in [0.05, 0.1) is 21.6 Å². The number of aromatic hydroxyl groups is 1. The number of thiazole rings is 1. The summed E-state index contributed by atoms with van der Waals surface area (Å²) < 4.78 is 1.16. The lowest BCUT2D eigenvalue weighted by atomic mass is 10.0. The number of hydrogen-bond acceptors (Lipinski definition) is 9. The summed E-state index contributed by atoms with van der Waals surface area (Å²) in [6.07, 6.45) is 6.14. The number of rotatable bonds is 11. The second kappa shape index (κ2) is 13.7. The number of nitrogens with zero attached hydrogens (tertiary/aromatic N) is 5. The highest BCUT2D eigenvalue weighted by Crippen LogP contribution is 2.40. The molecule has 4 aromatic carbocycles. The minimum Gasteiger partial charge on any atom is -0.505 e. The number of carbonyl (C=O) groups is 1. The van der Waals surface area contributed by atoms with Crippen molar-refractivity contribution < 1.29 is 9.90 Å². The normalized spacial score (nSPS) is 11.8. The van der Waals surface area contributed by atoms with Gasteiger partial charge in [0.15, 0.2) is 5.75 Å². The van der Waals surface area contributed by atoms with Crippen molar-refractivity contribution in [2.45, 2.75) is 39.0 Å². The Bertz CT molecular complexity index is 1930. The van der Waals surface area contributed by atoms with E-state index in [2.05, 4.69) is 43.7 Å². The van der Waals surface area contributed by atoms with E-state index in [9.17, 15) is 9.90 Å². The second-order valence-corrected chi connectivity index (χ2v) is 12.4. The van der Waals surface area contributed by atoms with Crippen LogP contribution in [-0.4, -0.2) is 16.0 Å². The number of unbranched alkanes of at least 4 members (excludes halogenated alkanes) is 3. The molecule has 0 aliphatic rings. The third-order valence-corrected chi connectivity index (χ3v) is 9.15. The smallest absolute Gasteiger partial charge is 0.259 e. The number of aryl methyl sites for hydroxylation is 1. The molecule has 0 unspecified atom stereocenters. The summed E-state index contributed by atoms with van der Waals surface area (Å²) in [6.45, 7) is 2.23. The van der Waals surface area contributed by atoms with Crippen LogP contribution in [0.4, 0.5) is 27.9 Å². The molecule has 0 aliphatic carbocycles. The zero-order valence-electron chi connectivity index (χ0n) is 24.1. The van der Waals surface area contributed by atoms with Crippen LogP contribution in [0.1, 0.15) is 47.8 Å². The first-order chi connectivity index (χ1) is 21.6. The Morgan fingerprint density at radius 3 is 2.30 bits per heavy atom. The van der Waals surface area contributed by atoms with Gasteiger partial charge in [-0.25, -0.2) is 4.98 Å². The first-order valence-electron chi connectivity index (χ1n) is 14.5. The Hall–Kier alpha value is -4.80. The third-order valence-electron chi connectivity index (χ3n) is 7.04. The lowest BCUT2D eigenvalue weighted by Gasteiger charge is -2.11. The summed E-state index contributed by atoms with van der Waals surface area (Å²) in [7, 11) is 0. The molecular weight excluding hydrogens is 589 g/mol. The van der Waals surface area contributed by atoms with Crippen LogP contribution in [0.15, 0.2) is 111 Å². The molecule has 8 nitrogen and oxygen atoms in total. The highest BCUT2D eigenvalue weighted by Gasteiger charge is 2.18. The molecule has 6 aromatic rings. The number of phenolic OH excluding ortho intramolecular Hbond substituents is 1. The fourth-order valence-corrected chi connectivity index (χ4v) is 6.86. The number of amides is 1. The topological polar surface area (TPSA) is 112 Å². The van der Waals surface area contributed by atoms with Gasteiger partial charge in [-0.15, -0.1) is 26.7 Å². The molecule has 2 N–H and O–H groups in total. The van der Waals surface area contributed by atoms with Crippen LogP contribution in [0, 0.1) is 0 Å². The number of nitrogens with one attached hydrogen (secondary N) is 1. The van der Waals surface area contributed by atoms with Gasteiger partial charge < -0.3 is 10.4 Å². The van der Waals surface area contributed by atoms with Crippen LogP contribution in [0.2, 0.25) is 0 Å². The number of fused-ring (bicyclic) bond motifs is 2. The standard InChI is InChI=1S/C34H30N6O2S2/c1-2-3-4-8-14-26-21-29-33(43-26)36-34(44-29)40-38-25-18-16-24(17-19-25)37-39-30-27-15-10-9-11-22(27)20-28(31(30)41)32(42)35-23-12-6-5-7-13-23/h5-7,9-13,15-21,41H,2-4,8,14H2,1H3,(H,35,42). The van der Waals surface area contributed by atoms with Gasteiger partial charge in [0.2, 0.25) is 5.13 Å². The average Bonchev–Trinajstić information content (AvgIpc) is 3.61. The Morgan fingerprint density at radius 2 is 1.55 bits per heavy atom. The monoisotopic (exact) mass is 618 g/mol. The Kier molecular flexibility index (Phi) is 9.09. The molecule has 220 valence electrons. The number of azo groups is 2. The Labute approximate surface area is 262 Å². The number of para-hydroxylation sites is 1. The van der Waals surface area contributed by atoms with Crippen LogP contribution in [0.5, 0.6) is 5.75 Å². The zero-order chi connectivity index (χ0) is 30.3. The average molecular weight is 619 g/mol. The van der Waals surface area contributed by atoms with Gasteiger partial charge >= 0.3 is 0 Å². The minimum atomic E-state index is -0.437. The molecule has 0 saturated carbocycles. The number of benzene rings is 4. The fraction of sp³-hybridized carbons (Fsp3) is 0.176. The molecule has 0 fully saturated rings. The molecule has 10 heteroatoms. The van der Waals surface area contributed by atoms with E-state index in [1.54, 1.807) is 65.1 Å². The molecule has 0 spiro atoms. The van der Waals surface area contributed by atoms with Gasteiger partial charge in [-0.2, -0.15) is 5.11 Å². The molecule has 0 saturated heterocycles. The van der Waals surface area contributed by atoms with Crippen LogP contribution in [-0.2, 0) is 6.42 Å². The Balaban J connectivity index is 1.16. The maximum absolute atomic E-state index is 13.0. The van der Waals surface area contributed by atoms with E-state index in [0.717, 1.165) is 21.3 Å². The number of thiophene rings is 1. The van der Waals surface area contributed by atoms with Crippen LogP contribution in [0.3, 0.4) is 0 Å². The largest absolute Gasteiger partial charge is 0.505 e. The molecular formula is C34H30N6O2S2. The van der Waals surface area contributed by atoms with E-state index < -0.39 is 5.91 Å². The van der Waals surface area contributed by atoms with Crippen molar-refractivity contribution in [3.8, 4) is 5.75 Å². The first kappa shape index (κ1) is 29.3. The van der Waals surface area contributed by atoms with Crippen molar-refractivity contribution in [1.82, 2.24) is 4.98 Å². The quantitative estimate of drug-likeness (QED) is 0.111. The molecule has 1 amide bonds. The van der Waals surface area contributed by atoms with Gasteiger partial charge in [0, 0.05) is 16.0 Å². The minimum absolute atomic E-state index is 0.113. The van der Waals surface area contributed by atoms with Crippen molar-refractivity contribution in [2.75, 3.05) is 5.32 Å². The number of carbonyl (C=O) groups excluding carboxylic acids is 1. The van der Waals surface area contributed by atoms with Gasteiger partial charge in [0.1, 0.15) is 10.5 Å². The molecule has 0 atom stereocenters. The highest BCUT2D eigenvalue weighted by molar-refractivity contribution is 7.28. The van der Waals surface area contributed by atoms with Crippen molar-refractivity contribution in [2.24, 2.45) is 20.5 Å². The summed E-state index contributed by atoms with van der Waals surface area (Å²) in [5.41, 5.74) is 2.18. The van der Waals surface area contributed by atoms with Crippen LogP contribution in [0.25, 0.3) is 20.3 Å². The first-order valence-corrected chi connectivity index (χ1v) is 16.1. The second-order valence-electron chi connectivity index (χ2n) is 10.3.